The number of halogens is 1. The highest BCUT2D eigenvalue weighted by Crippen LogP contribution is 2.25. The zero-order valence-electron chi connectivity index (χ0n) is 12.0. The second kappa shape index (κ2) is 5.89. The number of H-pyrrole nitrogens is 1. The Morgan fingerprint density at radius 2 is 2.00 bits per heavy atom. The van der Waals surface area contributed by atoms with Gasteiger partial charge in [-0.2, -0.15) is 0 Å². The molecule has 6 heteroatoms. The van der Waals surface area contributed by atoms with Crippen LogP contribution >= 0.6 is 11.8 Å². The van der Waals surface area contributed by atoms with Crippen molar-refractivity contribution in [2.24, 2.45) is 0 Å². The quantitative estimate of drug-likeness (QED) is 0.555. The number of aromatic nitrogens is 3. The molecule has 4 rings (SSSR count). The summed E-state index contributed by atoms with van der Waals surface area (Å²) in [5.74, 6) is 0.738. The molecule has 0 unspecified atom stereocenters. The number of fused-ring (bicyclic) bond motifs is 1. The van der Waals surface area contributed by atoms with Gasteiger partial charge in [-0.25, -0.2) is 14.4 Å². The van der Waals surface area contributed by atoms with E-state index in [1.165, 1.54) is 12.1 Å². The number of rotatable bonds is 4. The van der Waals surface area contributed by atoms with Gasteiger partial charge in [0.25, 0.3) is 0 Å². The van der Waals surface area contributed by atoms with Crippen LogP contribution in [-0.2, 0) is 5.75 Å². The van der Waals surface area contributed by atoms with Crippen LogP contribution in [0.15, 0.2) is 64.4 Å². The lowest BCUT2D eigenvalue weighted by Crippen LogP contribution is -1.84. The molecular formula is C17H12FN3OS. The van der Waals surface area contributed by atoms with Gasteiger partial charge in [-0.3, -0.25) is 0 Å². The average molecular weight is 325 g/mol. The first kappa shape index (κ1) is 14.0. The maximum absolute atomic E-state index is 13.2. The van der Waals surface area contributed by atoms with E-state index in [1.807, 2.05) is 24.3 Å². The Bertz CT molecular complexity index is 930. The Morgan fingerprint density at radius 1 is 1.09 bits per heavy atom. The number of thioether (sulfide) groups is 1. The summed E-state index contributed by atoms with van der Waals surface area (Å²) >= 11 is 1.55. The monoisotopic (exact) mass is 325 g/mol. The highest BCUT2D eigenvalue weighted by Gasteiger charge is 2.09. The Morgan fingerprint density at radius 3 is 2.87 bits per heavy atom. The maximum atomic E-state index is 13.2. The molecule has 2 aromatic carbocycles. The average Bonchev–Trinajstić information content (AvgIpc) is 3.19. The van der Waals surface area contributed by atoms with Gasteiger partial charge in [-0.1, -0.05) is 30.0 Å². The third kappa shape index (κ3) is 2.98. The van der Waals surface area contributed by atoms with Crippen LogP contribution in [0.5, 0.6) is 0 Å². The van der Waals surface area contributed by atoms with E-state index in [4.69, 9.17) is 4.42 Å². The number of hydrogen-bond acceptors (Lipinski definition) is 4. The summed E-state index contributed by atoms with van der Waals surface area (Å²) in [5.41, 5.74) is 3.37. The van der Waals surface area contributed by atoms with Gasteiger partial charge in [-0.15, -0.1) is 0 Å². The normalized spacial score (nSPS) is 11.2. The van der Waals surface area contributed by atoms with Gasteiger partial charge in [0.15, 0.2) is 5.16 Å². The number of nitrogens with zero attached hydrogens (tertiary/aromatic N) is 2. The molecule has 0 amide bonds. The van der Waals surface area contributed by atoms with Gasteiger partial charge in [-0.05, 0) is 30.3 Å². The van der Waals surface area contributed by atoms with Crippen molar-refractivity contribution in [3.8, 4) is 11.5 Å². The van der Waals surface area contributed by atoms with Gasteiger partial charge < -0.3 is 9.40 Å². The number of imidazole rings is 1. The van der Waals surface area contributed by atoms with E-state index in [9.17, 15) is 4.39 Å². The molecule has 1 N–H and O–H groups in total. The second-order valence-corrected chi connectivity index (χ2v) is 5.97. The minimum Gasteiger partial charge on any atom is -0.444 e. The molecule has 0 radical (unpaired) electrons. The van der Waals surface area contributed by atoms with Crippen molar-refractivity contribution in [2.75, 3.05) is 0 Å². The molecule has 2 heterocycles. The van der Waals surface area contributed by atoms with Crippen LogP contribution in [0.4, 0.5) is 4.39 Å². The minimum absolute atomic E-state index is 0.307. The predicted octanol–water partition coefficient (Wildman–Crippen LogP) is 4.65. The highest BCUT2D eigenvalue weighted by atomic mass is 32.2. The lowest BCUT2D eigenvalue weighted by molar-refractivity contribution is 0.571. The molecule has 4 aromatic rings. The molecule has 0 bridgehead atoms. The molecule has 114 valence electrons. The van der Waals surface area contributed by atoms with E-state index in [1.54, 1.807) is 30.2 Å². The Balaban J connectivity index is 1.49. The van der Waals surface area contributed by atoms with Gasteiger partial charge in [0.1, 0.15) is 12.1 Å². The first-order chi connectivity index (χ1) is 11.3. The molecule has 0 aliphatic carbocycles. The molecule has 23 heavy (non-hydrogen) atoms. The zero-order valence-corrected chi connectivity index (χ0v) is 12.8. The van der Waals surface area contributed by atoms with E-state index in [2.05, 4.69) is 15.0 Å². The van der Waals surface area contributed by atoms with Crippen molar-refractivity contribution in [3.05, 3.63) is 66.3 Å². The molecular weight excluding hydrogens is 313 g/mol. The van der Waals surface area contributed by atoms with Crippen LogP contribution in [0.1, 0.15) is 5.69 Å². The smallest absolute Gasteiger partial charge is 0.226 e. The van der Waals surface area contributed by atoms with E-state index in [0.717, 1.165) is 21.9 Å². The standard InChI is InChI=1S/C17H12FN3OS/c18-12-5-3-4-11(8-12)16-19-13(9-22-16)10-23-17-20-14-6-1-2-7-15(14)21-17/h1-9H,10H2,(H,20,21). The van der Waals surface area contributed by atoms with Crippen LogP contribution in [0.25, 0.3) is 22.5 Å². The zero-order chi connectivity index (χ0) is 15.6. The van der Waals surface area contributed by atoms with Crippen LogP contribution in [0.3, 0.4) is 0 Å². The molecule has 2 aromatic heterocycles. The van der Waals surface area contributed by atoms with Crippen molar-refractivity contribution in [1.29, 1.82) is 0 Å². The summed E-state index contributed by atoms with van der Waals surface area (Å²) < 4.78 is 18.7. The minimum atomic E-state index is -0.307. The lowest BCUT2D eigenvalue weighted by atomic mass is 10.2. The largest absolute Gasteiger partial charge is 0.444 e. The Hall–Kier alpha value is -2.60. The fraction of sp³-hybridized carbons (Fsp3) is 0.0588. The lowest BCUT2D eigenvalue weighted by Gasteiger charge is -1.95. The summed E-state index contributed by atoms with van der Waals surface area (Å²) in [6.07, 6.45) is 1.59. The highest BCUT2D eigenvalue weighted by molar-refractivity contribution is 7.98. The maximum Gasteiger partial charge on any atom is 0.226 e. The third-order valence-corrected chi connectivity index (χ3v) is 4.25. The fourth-order valence-corrected chi connectivity index (χ4v) is 3.03. The number of nitrogens with one attached hydrogen (secondary N) is 1. The van der Waals surface area contributed by atoms with Crippen LogP contribution in [0, 0.1) is 5.82 Å². The molecule has 0 aliphatic rings. The molecule has 0 atom stereocenters. The summed E-state index contributed by atoms with van der Waals surface area (Å²) in [4.78, 5) is 12.2. The van der Waals surface area contributed by atoms with Crippen molar-refractivity contribution < 1.29 is 8.81 Å². The summed E-state index contributed by atoms with van der Waals surface area (Å²) in [6, 6.07) is 14.1. The molecule has 0 aliphatic heterocycles. The molecule has 0 saturated carbocycles. The van der Waals surface area contributed by atoms with E-state index < -0.39 is 0 Å². The van der Waals surface area contributed by atoms with Crippen molar-refractivity contribution in [2.45, 2.75) is 10.9 Å². The molecule has 0 saturated heterocycles. The Kier molecular flexibility index (Phi) is 3.59. The van der Waals surface area contributed by atoms with Gasteiger partial charge in [0.2, 0.25) is 5.89 Å². The predicted molar refractivity (Wildman–Crippen MR) is 87.6 cm³/mol. The van der Waals surface area contributed by atoms with Gasteiger partial charge >= 0.3 is 0 Å². The Labute approximate surface area is 135 Å². The topological polar surface area (TPSA) is 54.7 Å². The molecule has 0 fully saturated rings. The first-order valence-corrected chi connectivity index (χ1v) is 8.04. The number of para-hydroxylation sites is 2. The fourth-order valence-electron chi connectivity index (χ4n) is 2.27. The summed E-state index contributed by atoms with van der Waals surface area (Å²) in [7, 11) is 0. The van der Waals surface area contributed by atoms with Crippen LogP contribution < -0.4 is 0 Å². The SMILES string of the molecule is Fc1cccc(-c2nc(CSc3nc4ccccc4[nH]3)co2)c1. The second-order valence-electron chi connectivity index (χ2n) is 5.00. The van der Waals surface area contributed by atoms with Crippen molar-refractivity contribution in [3.63, 3.8) is 0 Å². The molecule has 0 spiro atoms. The first-order valence-electron chi connectivity index (χ1n) is 7.06. The van der Waals surface area contributed by atoms with E-state index >= 15 is 0 Å². The van der Waals surface area contributed by atoms with Gasteiger partial charge in [0.05, 0.1) is 16.7 Å². The summed E-state index contributed by atoms with van der Waals surface area (Å²) in [5, 5.41) is 0.835. The summed E-state index contributed by atoms with van der Waals surface area (Å²) in [6.45, 7) is 0. The van der Waals surface area contributed by atoms with Crippen LogP contribution in [0.2, 0.25) is 0 Å². The number of oxazole rings is 1. The molecule has 4 nitrogen and oxygen atoms in total. The number of benzene rings is 2. The number of aromatic amines is 1. The number of hydrogen-bond donors (Lipinski definition) is 1. The van der Waals surface area contributed by atoms with Crippen molar-refractivity contribution >= 4 is 22.8 Å². The third-order valence-electron chi connectivity index (χ3n) is 3.35. The van der Waals surface area contributed by atoms with E-state index in [0.29, 0.717) is 17.2 Å². The van der Waals surface area contributed by atoms with Crippen molar-refractivity contribution in [1.82, 2.24) is 15.0 Å². The van der Waals surface area contributed by atoms with E-state index in [-0.39, 0.29) is 5.82 Å². The van der Waals surface area contributed by atoms with Gasteiger partial charge in [0, 0.05) is 11.3 Å². The van der Waals surface area contributed by atoms with Crippen LogP contribution in [-0.4, -0.2) is 15.0 Å².